The average molecular weight is 468 g/mol. The van der Waals surface area contributed by atoms with Gasteiger partial charge in [-0.05, 0) is 67.8 Å². The number of aliphatic hydroxyl groups is 1. The first kappa shape index (κ1) is 27.0. The molecule has 0 spiro atoms. The standard InChI is InChI=1S/C14H14O4.C7H9N.C6H14N2/c15-8-9-5-13(17)11(14(18)6-9)7-10-3-1-2-4-12(10)16;1-6-2-4-7(8)5-3-6;7-6-3-1-2-4-8-5-6/h1-6,15-18H,7-8H2;2-5H,8H2,1H3;6,8H,1-5,7H2. The molecule has 0 amide bonds. The molecule has 1 atom stereocenters. The van der Waals surface area contributed by atoms with Crippen molar-refractivity contribution in [3.05, 3.63) is 82.9 Å². The summed E-state index contributed by atoms with van der Waals surface area (Å²) in [5, 5.41) is 41.5. The van der Waals surface area contributed by atoms with Gasteiger partial charge in [-0.25, -0.2) is 0 Å². The number of anilines is 1. The number of aliphatic hydroxyl groups excluding tert-OH is 1. The van der Waals surface area contributed by atoms with Crippen molar-refractivity contribution < 1.29 is 20.4 Å². The Hall–Kier alpha value is -3.26. The lowest BCUT2D eigenvalue weighted by Crippen LogP contribution is -2.31. The first-order chi connectivity index (χ1) is 16.3. The minimum Gasteiger partial charge on any atom is -0.508 e. The summed E-state index contributed by atoms with van der Waals surface area (Å²) < 4.78 is 0. The minimum absolute atomic E-state index is 0.0951. The molecule has 0 saturated carbocycles. The molecule has 1 heterocycles. The quantitative estimate of drug-likeness (QED) is 0.292. The van der Waals surface area contributed by atoms with Crippen molar-refractivity contribution >= 4 is 5.69 Å². The summed E-state index contributed by atoms with van der Waals surface area (Å²) in [7, 11) is 0. The summed E-state index contributed by atoms with van der Waals surface area (Å²) in [6, 6.07) is 17.7. The Bertz CT molecular complexity index is 957. The first-order valence-corrected chi connectivity index (χ1v) is 11.5. The second-order valence-corrected chi connectivity index (χ2v) is 8.45. The highest BCUT2D eigenvalue weighted by molar-refractivity contribution is 5.50. The Morgan fingerprint density at radius 2 is 1.56 bits per heavy atom. The van der Waals surface area contributed by atoms with Crippen molar-refractivity contribution in [2.45, 2.75) is 45.3 Å². The van der Waals surface area contributed by atoms with E-state index in [1.807, 2.05) is 31.2 Å². The van der Waals surface area contributed by atoms with E-state index in [1.54, 1.807) is 24.3 Å². The highest BCUT2D eigenvalue weighted by Crippen LogP contribution is 2.32. The first-order valence-electron chi connectivity index (χ1n) is 11.5. The van der Waals surface area contributed by atoms with Crippen LogP contribution in [0.4, 0.5) is 5.69 Å². The number of phenolic OH excluding ortho intramolecular Hbond substituents is 3. The van der Waals surface area contributed by atoms with Crippen molar-refractivity contribution in [1.29, 1.82) is 0 Å². The fraction of sp³-hybridized carbons (Fsp3) is 0.333. The number of nitrogen functional groups attached to an aromatic ring is 1. The molecule has 4 rings (SSSR count). The van der Waals surface area contributed by atoms with Gasteiger partial charge in [0.25, 0.3) is 0 Å². The maximum atomic E-state index is 9.80. The topological polar surface area (TPSA) is 145 Å². The number of para-hydroxylation sites is 1. The van der Waals surface area contributed by atoms with E-state index < -0.39 is 0 Å². The molecule has 0 bridgehead atoms. The SMILES string of the molecule is Cc1ccc(N)cc1.NC1CCCCNC1.OCc1cc(O)c(Cc2ccccc2O)c(O)c1. The summed E-state index contributed by atoms with van der Waals surface area (Å²) in [4.78, 5) is 0. The zero-order valence-electron chi connectivity index (χ0n) is 19.7. The molecular formula is C27H37N3O4. The maximum absolute atomic E-state index is 9.80. The van der Waals surface area contributed by atoms with E-state index in [-0.39, 0.29) is 30.3 Å². The summed E-state index contributed by atoms with van der Waals surface area (Å²) in [6.07, 6.45) is 4.02. The number of aryl methyl sites for hydroxylation is 1. The number of phenols is 3. The van der Waals surface area contributed by atoms with E-state index in [2.05, 4.69) is 5.32 Å². The minimum atomic E-state index is -0.252. The Labute approximate surface area is 201 Å². The molecule has 1 unspecified atom stereocenters. The second kappa shape index (κ2) is 14.1. The van der Waals surface area contributed by atoms with Gasteiger partial charge in [0, 0.05) is 30.3 Å². The van der Waals surface area contributed by atoms with Gasteiger partial charge in [-0.3, -0.25) is 0 Å². The van der Waals surface area contributed by atoms with Crippen LogP contribution in [-0.4, -0.2) is 39.6 Å². The van der Waals surface area contributed by atoms with Crippen molar-refractivity contribution in [3.63, 3.8) is 0 Å². The molecule has 0 aromatic heterocycles. The van der Waals surface area contributed by atoms with Gasteiger partial charge in [0.05, 0.1) is 6.61 Å². The van der Waals surface area contributed by atoms with Crippen molar-refractivity contribution in [2.24, 2.45) is 5.73 Å². The van der Waals surface area contributed by atoms with Gasteiger partial charge in [-0.1, -0.05) is 42.3 Å². The largest absolute Gasteiger partial charge is 0.508 e. The van der Waals surface area contributed by atoms with Crippen molar-refractivity contribution in [2.75, 3.05) is 18.8 Å². The number of nitrogens with two attached hydrogens (primary N) is 2. The van der Waals surface area contributed by atoms with Crippen LogP contribution in [0.25, 0.3) is 0 Å². The van der Waals surface area contributed by atoms with E-state index in [1.165, 1.54) is 37.0 Å². The third-order valence-corrected chi connectivity index (χ3v) is 5.47. The molecule has 3 aromatic rings. The molecule has 7 nitrogen and oxygen atoms in total. The monoisotopic (exact) mass is 467 g/mol. The van der Waals surface area contributed by atoms with Crippen LogP contribution in [-0.2, 0) is 13.0 Å². The van der Waals surface area contributed by atoms with Gasteiger partial charge < -0.3 is 37.2 Å². The van der Waals surface area contributed by atoms with Crippen LogP contribution in [0.15, 0.2) is 60.7 Å². The van der Waals surface area contributed by atoms with Crippen LogP contribution < -0.4 is 16.8 Å². The van der Waals surface area contributed by atoms with Gasteiger partial charge in [0.15, 0.2) is 0 Å². The molecule has 34 heavy (non-hydrogen) atoms. The number of hydrogen-bond donors (Lipinski definition) is 7. The Kier molecular flexibility index (Phi) is 11.2. The molecule has 0 radical (unpaired) electrons. The molecule has 3 aromatic carbocycles. The fourth-order valence-corrected chi connectivity index (χ4v) is 3.43. The van der Waals surface area contributed by atoms with Gasteiger partial charge in [0.2, 0.25) is 0 Å². The predicted octanol–water partition coefficient (Wildman–Crippen LogP) is 3.55. The molecule has 1 aliphatic rings. The van der Waals surface area contributed by atoms with Crippen LogP contribution in [0.1, 0.15) is 41.5 Å². The maximum Gasteiger partial charge on any atom is 0.123 e. The van der Waals surface area contributed by atoms with Gasteiger partial charge >= 0.3 is 0 Å². The smallest absolute Gasteiger partial charge is 0.123 e. The van der Waals surface area contributed by atoms with E-state index in [9.17, 15) is 15.3 Å². The normalized spacial score (nSPS) is 15.2. The van der Waals surface area contributed by atoms with Gasteiger partial charge in [0.1, 0.15) is 17.2 Å². The Balaban J connectivity index is 0.000000210. The Morgan fingerprint density at radius 3 is 2.15 bits per heavy atom. The molecule has 184 valence electrons. The highest BCUT2D eigenvalue weighted by Gasteiger charge is 2.12. The molecule has 0 aliphatic carbocycles. The molecule has 1 aliphatic heterocycles. The Morgan fingerprint density at radius 1 is 0.912 bits per heavy atom. The lowest BCUT2D eigenvalue weighted by Gasteiger charge is -2.10. The highest BCUT2D eigenvalue weighted by atomic mass is 16.3. The van der Waals surface area contributed by atoms with Crippen molar-refractivity contribution in [3.8, 4) is 17.2 Å². The average Bonchev–Trinajstić information content (AvgIpc) is 3.07. The number of benzene rings is 3. The molecular weight excluding hydrogens is 430 g/mol. The molecule has 1 fully saturated rings. The molecule has 7 heteroatoms. The second-order valence-electron chi connectivity index (χ2n) is 8.45. The lowest BCUT2D eigenvalue weighted by molar-refractivity contribution is 0.280. The summed E-state index contributed by atoms with van der Waals surface area (Å²) in [5.41, 5.74) is 14.6. The molecule has 9 N–H and O–H groups in total. The summed E-state index contributed by atoms with van der Waals surface area (Å²) in [6.45, 7) is 3.96. The van der Waals surface area contributed by atoms with Crippen LogP contribution in [0.2, 0.25) is 0 Å². The number of rotatable bonds is 3. The van der Waals surface area contributed by atoms with Crippen LogP contribution in [0, 0.1) is 6.92 Å². The van der Waals surface area contributed by atoms with E-state index in [0.29, 0.717) is 22.7 Å². The third kappa shape index (κ3) is 9.31. The van der Waals surface area contributed by atoms with Gasteiger partial charge in [-0.15, -0.1) is 0 Å². The summed E-state index contributed by atoms with van der Waals surface area (Å²) >= 11 is 0. The number of hydrogen-bond acceptors (Lipinski definition) is 7. The zero-order valence-corrected chi connectivity index (χ0v) is 19.7. The lowest BCUT2D eigenvalue weighted by atomic mass is 10.0. The van der Waals surface area contributed by atoms with Gasteiger partial charge in [-0.2, -0.15) is 0 Å². The van der Waals surface area contributed by atoms with Crippen LogP contribution in [0.5, 0.6) is 17.2 Å². The van der Waals surface area contributed by atoms with E-state index >= 15 is 0 Å². The van der Waals surface area contributed by atoms with Crippen molar-refractivity contribution in [1.82, 2.24) is 5.32 Å². The fourth-order valence-electron chi connectivity index (χ4n) is 3.43. The number of aromatic hydroxyl groups is 3. The number of nitrogens with one attached hydrogen (secondary N) is 1. The van der Waals surface area contributed by atoms with E-state index in [4.69, 9.17) is 16.6 Å². The van der Waals surface area contributed by atoms with E-state index in [0.717, 1.165) is 18.8 Å². The third-order valence-electron chi connectivity index (χ3n) is 5.47. The van der Waals surface area contributed by atoms with Crippen LogP contribution >= 0.6 is 0 Å². The summed E-state index contributed by atoms with van der Waals surface area (Å²) in [5.74, 6) is -0.0767. The predicted molar refractivity (Wildman–Crippen MR) is 137 cm³/mol. The molecule has 1 saturated heterocycles. The van der Waals surface area contributed by atoms with Crippen LogP contribution in [0.3, 0.4) is 0 Å². The zero-order chi connectivity index (χ0) is 24.9.